The molecule has 0 bridgehead atoms. The van der Waals surface area contributed by atoms with Crippen LogP contribution in [0.1, 0.15) is 25.3 Å². The van der Waals surface area contributed by atoms with Crippen LogP contribution in [-0.4, -0.2) is 16.6 Å². The van der Waals surface area contributed by atoms with E-state index >= 15 is 0 Å². The normalized spacial score (nSPS) is 9.73. The fourth-order valence-corrected chi connectivity index (χ4v) is 1.40. The summed E-state index contributed by atoms with van der Waals surface area (Å²) < 4.78 is 0. The first-order chi connectivity index (χ1) is 7.22. The Balaban J connectivity index is 2.37. The number of thiocarbonyl (C=S) groups is 1. The van der Waals surface area contributed by atoms with Gasteiger partial charge in [-0.2, -0.15) is 0 Å². The molecular formula is C11H17N3S. The van der Waals surface area contributed by atoms with Crippen LogP contribution in [0.25, 0.3) is 0 Å². The monoisotopic (exact) mass is 223 g/mol. The zero-order valence-corrected chi connectivity index (χ0v) is 10.0. The molecule has 0 amide bonds. The lowest BCUT2D eigenvalue weighted by molar-refractivity contribution is 0.758. The molecule has 82 valence electrons. The molecule has 1 aromatic rings. The highest BCUT2D eigenvalue weighted by Crippen LogP contribution is 2.06. The summed E-state index contributed by atoms with van der Waals surface area (Å²) in [5.41, 5.74) is 2.06. The van der Waals surface area contributed by atoms with E-state index in [0.29, 0.717) is 5.11 Å². The number of unbranched alkanes of at least 4 members (excludes halogenated alkanes) is 1. The van der Waals surface area contributed by atoms with E-state index in [0.717, 1.165) is 24.2 Å². The maximum atomic E-state index is 5.14. The molecule has 2 N–H and O–H groups in total. The Hall–Kier alpha value is -1.16. The molecule has 0 radical (unpaired) electrons. The molecule has 0 spiro atoms. The predicted molar refractivity (Wildman–Crippen MR) is 68.1 cm³/mol. The van der Waals surface area contributed by atoms with Crippen LogP contribution in [0.15, 0.2) is 18.5 Å². The van der Waals surface area contributed by atoms with Crippen LogP contribution >= 0.6 is 12.2 Å². The number of hydrogen-bond donors (Lipinski definition) is 2. The van der Waals surface area contributed by atoms with E-state index in [4.69, 9.17) is 12.2 Å². The fourth-order valence-electron chi connectivity index (χ4n) is 1.18. The van der Waals surface area contributed by atoms with Crippen molar-refractivity contribution in [2.45, 2.75) is 26.7 Å². The molecule has 0 aliphatic rings. The molecule has 0 aliphatic heterocycles. The van der Waals surface area contributed by atoms with Crippen LogP contribution in [0, 0.1) is 6.92 Å². The minimum absolute atomic E-state index is 0.663. The van der Waals surface area contributed by atoms with Crippen molar-refractivity contribution >= 4 is 23.0 Å². The van der Waals surface area contributed by atoms with Crippen LogP contribution in [0.5, 0.6) is 0 Å². The third-order valence-corrected chi connectivity index (χ3v) is 2.20. The average Bonchev–Trinajstić information content (AvgIpc) is 2.18. The van der Waals surface area contributed by atoms with Crippen LogP contribution in [0.3, 0.4) is 0 Å². The topological polar surface area (TPSA) is 37.0 Å². The highest BCUT2D eigenvalue weighted by Gasteiger charge is 1.96. The van der Waals surface area contributed by atoms with Gasteiger partial charge in [0.15, 0.2) is 5.11 Å². The Morgan fingerprint density at radius 1 is 1.47 bits per heavy atom. The van der Waals surface area contributed by atoms with Crippen molar-refractivity contribution in [1.82, 2.24) is 10.3 Å². The number of nitrogens with zero attached hydrogens (tertiary/aromatic N) is 1. The van der Waals surface area contributed by atoms with Crippen molar-refractivity contribution in [1.29, 1.82) is 0 Å². The van der Waals surface area contributed by atoms with E-state index in [1.54, 1.807) is 6.20 Å². The van der Waals surface area contributed by atoms with Crippen molar-refractivity contribution < 1.29 is 0 Å². The first-order valence-corrected chi connectivity index (χ1v) is 5.59. The van der Waals surface area contributed by atoms with Gasteiger partial charge in [-0.25, -0.2) is 0 Å². The fraction of sp³-hybridized carbons (Fsp3) is 0.455. The van der Waals surface area contributed by atoms with Crippen molar-refractivity contribution in [3.63, 3.8) is 0 Å². The summed E-state index contributed by atoms with van der Waals surface area (Å²) in [6.45, 7) is 5.08. The van der Waals surface area contributed by atoms with Gasteiger partial charge >= 0.3 is 0 Å². The van der Waals surface area contributed by atoms with Gasteiger partial charge in [0.2, 0.25) is 0 Å². The summed E-state index contributed by atoms with van der Waals surface area (Å²) in [4.78, 5) is 4.08. The molecule has 3 nitrogen and oxygen atoms in total. The van der Waals surface area contributed by atoms with Crippen LogP contribution < -0.4 is 10.6 Å². The molecular weight excluding hydrogens is 206 g/mol. The molecule has 0 fully saturated rings. The Kier molecular flexibility index (Phi) is 5.04. The summed E-state index contributed by atoms with van der Waals surface area (Å²) in [7, 11) is 0. The van der Waals surface area contributed by atoms with Gasteiger partial charge in [-0.05, 0) is 37.2 Å². The lowest BCUT2D eigenvalue weighted by atomic mass is 10.3. The van der Waals surface area contributed by atoms with Crippen molar-refractivity contribution in [2.75, 3.05) is 11.9 Å². The second kappa shape index (κ2) is 6.35. The first kappa shape index (κ1) is 11.9. The number of aromatic nitrogens is 1. The molecule has 0 saturated carbocycles. The number of nitrogens with one attached hydrogen (secondary N) is 2. The molecule has 1 aromatic heterocycles. The van der Waals surface area contributed by atoms with E-state index < -0.39 is 0 Å². The average molecular weight is 223 g/mol. The Morgan fingerprint density at radius 3 is 2.93 bits per heavy atom. The lowest BCUT2D eigenvalue weighted by Gasteiger charge is -2.09. The van der Waals surface area contributed by atoms with Crippen LogP contribution in [0.4, 0.5) is 5.69 Å². The summed E-state index contributed by atoms with van der Waals surface area (Å²) in [6, 6.07) is 2.01. The second-order valence-electron chi connectivity index (χ2n) is 3.49. The third kappa shape index (κ3) is 4.74. The van der Waals surface area contributed by atoms with Crippen LogP contribution in [0.2, 0.25) is 0 Å². The van der Waals surface area contributed by atoms with Gasteiger partial charge in [-0.15, -0.1) is 0 Å². The lowest BCUT2D eigenvalue weighted by Crippen LogP contribution is -2.29. The Morgan fingerprint density at radius 2 is 2.27 bits per heavy atom. The van der Waals surface area contributed by atoms with E-state index in [1.807, 2.05) is 19.2 Å². The zero-order valence-electron chi connectivity index (χ0n) is 9.21. The van der Waals surface area contributed by atoms with E-state index in [-0.39, 0.29) is 0 Å². The largest absolute Gasteiger partial charge is 0.362 e. The molecule has 1 heterocycles. The maximum absolute atomic E-state index is 5.14. The van der Waals surface area contributed by atoms with Gasteiger partial charge in [0, 0.05) is 12.7 Å². The van der Waals surface area contributed by atoms with E-state index in [1.165, 1.54) is 6.42 Å². The smallest absolute Gasteiger partial charge is 0.170 e. The minimum Gasteiger partial charge on any atom is -0.362 e. The van der Waals surface area contributed by atoms with Crippen LogP contribution in [-0.2, 0) is 0 Å². The molecule has 0 unspecified atom stereocenters. The third-order valence-electron chi connectivity index (χ3n) is 1.95. The highest BCUT2D eigenvalue weighted by atomic mass is 32.1. The molecule has 0 aliphatic carbocycles. The van der Waals surface area contributed by atoms with Gasteiger partial charge in [0.25, 0.3) is 0 Å². The van der Waals surface area contributed by atoms with Crippen molar-refractivity contribution in [3.8, 4) is 0 Å². The summed E-state index contributed by atoms with van der Waals surface area (Å²) >= 11 is 5.14. The van der Waals surface area contributed by atoms with Gasteiger partial charge < -0.3 is 10.6 Å². The van der Waals surface area contributed by atoms with Gasteiger partial charge in [-0.1, -0.05) is 13.3 Å². The maximum Gasteiger partial charge on any atom is 0.170 e. The zero-order chi connectivity index (χ0) is 11.1. The summed E-state index contributed by atoms with van der Waals surface area (Å²) in [5, 5.41) is 6.91. The van der Waals surface area contributed by atoms with E-state index in [2.05, 4.69) is 22.5 Å². The SMILES string of the molecule is CCCCNC(=S)Nc1cncc(C)c1. The van der Waals surface area contributed by atoms with Gasteiger partial charge in [0.05, 0.1) is 11.9 Å². The molecule has 1 rings (SSSR count). The number of anilines is 1. The number of pyridine rings is 1. The molecule has 0 atom stereocenters. The quantitative estimate of drug-likeness (QED) is 0.607. The standard InChI is InChI=1S/C11H17N3S/c1-3-4-5-13-11(15)14-10-6-9(2)7-12-8-10/h6-8H,3-5H2,1-2H3,(H2,13,14,15). The second-order valence-corrected chi connectivity index (χ2v) is 3.89. The summed E-state index contributed by atoms with van der Waals surface area (Å²) in [6.07, 6.45) is 5.88. The molecule has 0 saturated heterocycles. The Bertz CT molecular complexity index is 325. The number of aryl methyl sites for hydroxylation is 1. The molecule has 15 heavy (non-hydrogen) atoms. The molecule has 4 heteroatoms. The Labute approximate surface area is 96.3 Å². The van der Waals surface area contributed by atoms with Gasteiger partial charge in [-0.3, -0.25) is 4.98 Å². The van der Waals surface area contributed by atoms with Crippen molar-refractivity contribution in [2.24, 2.45) is 0 Å². The summed E-state index contributed by atoms with van der Waals surface area (Å²) in [5.74, 6) is 0. The van der Waals surface area contributed by atoms with Gasteiger partial charge in [0.1, 0.15) is 0 Å². The predicted octanol–water partition coefficient (Wildman–Crippen LogP) is 2.48. The molecule has 0 aromatic carbocycles. The van der Waals surface area contributed by atoms with E-state index in [9.17, 15) is 0 Å². The number of hydrogen-bond acceptors (Lipinski definition) is 2. The highest BCUT2D eigenvalue weighted by molar-refractivity contribution is 7.80. The minimum atomic E-state index is 0.663. The first-order valence-electron chi connectivity index (χ1n) is 5.19. The van der Waals surface area contributed by atoms with Crippen molar-refractivity contribution in [3.05, 3.63) is 24.0 Å². The number of rotatable bonds is 4.